The van der Waals surface area contributed by atoms with Crippen molar-refractivity contribution < 1.29 is 4.74 Å². The van der Waals surface area contributed by atoms with E-state index in [0.29, 0.717) is 18.4 Å². The minimum Gasteiger partial charge on any atom is -0.497 e. The van der Waals surface area contributed by atoms with Gasteiger partial charge in [0, 0.05) is 24.2 Å². The molecule has 0 spiro atoms. The summed E-state index contributed by atoms with van der Waals surface area (Å²) in [6.07, 6.45) is 0. The highest BCUT2D eigenvalue weighted by atomic mass is 16.5. The van der Waals surface area contributed by atoms with Crippen molar-refractivity contribution in [1.82, 2.24) is 9.97 Å². The maximum absolute atomic E-state index is 5.20. The first-order chi connectivity index (χ1) is 12.6. The number of methoxy groups -OCH3 is 1. The molecule has 26 heavy (non-hydrogen) atoms. The number of rotatable bonds is 7. The number of anilines is 2. The number of nitrogens with zero attached hydrogens (tertiary/aromatic N) is 2. The minimum absolute atomic E-state index is 0.294. The number of ether oxygens (including phenoxy) is 1. The number of aromatic nitrogens is 2. The average Bonchev–Trinajstić information content (AvgIpc) is 2.67. The monoisotopic (exact) mass is 348 g/mol. The number of hydrogen-bond donors (Lipinski definition) is 2. The SMILES string of the molecule is COc1ccc(CNc2cc(NC(C)C)nc(-c3ccccc3)n2)cc1. The standard InChI is InChI=1S/C21H24N4O/c1-15(2)23-20-13-19(22-14-16-9-11-18(26-3)12-10-16)24-21(25-20)17-7-5-4-6-8-17/h4-13,15H,14H2,1-3H3,(H2,22,23,24,25). The fourth-order valence-electron chi connectivity index (χ4n) is 2.56. The average molecular weight is 348 g/mol. The van der Waals surface area contributed by atoms with Crippen LogP contribution in [0, 0.1) is 0 Å². The van der Waals surface area contributed by atoms with Crippen LogP contribution in [0.2, 0.25) is 0 Å². The lowest BCUT2D eigenvalue weighted by Crippen LogP contribution is -2.13. The predicted octanol–water partition coefficient (Wildman–Crippen LogP) is 4.58. The molecule has 0 fully saturated rings. The Balaban J connectivity index is 1.82. The normalized spacial score (nSPS) is 10.6. The van der Waals surface area contributed by atoms with Gasteiger partial charge in [0.2, 0.25) is 0 Å². The minimum atomic E-state index is 0.294. The third-order valence-corrected chi connectivity index (χ3v) is 3.83. The van der Waals surface area contributed by atoms with Crippen molar-refractivity contribution in [3.05, 3.63) is 66.2 Å². The van der Waals surface area contributed by atoms with Gasteiger partial charge in [-0.1, -0.05) is 42.5 Å². The summed E-state index contributed by atoms with van der Waals surface area (Å²) in [4.78, 5) is 9.32. The Morgan fingerprint density at radius 2 is 1.62 bits per heavy atom. The Labute approximate surface area is 154 Å². The van der Waals surface area contributed by atoms with Gasteiger partial charge < -0.3 is 15.4 Å². The van der Waals surface area contributed by atoms with E-state index < -0.39 is 0 Å². The zero-order valence-electron chi connectivity index (χ0n) is 15.4. The van der Waals surface area contributed by atoms with E-state index in [1.807, 2.05) is 60.7 Å². The highest BCUT2D eigenvalue weighted by molar-refractivity contribution is 5.61. The fourth-order valence-corrected chi connectivity index (χ4v) is 2.56. The molecular formula is C21H24N4O. The van der Waals surface area contributed by atoms with Crippen LogP contribution >= 0.6 is 0 Å². The summed E-state index contributed by atoms with van der Waals surface area (Å²) in [7, 11) is 1.67. The summed E-state index contributed by atoms with van der Waals surface area (Å²) in [5, 5.41) is 6.75. The van der Waals surface area contributed by atoms with Gasteiger partial charge in [-0.15, -0.1) is 0 Å². The van der Waals surface area contributed by atoms with Gasteiger partial charge >= 0.3 is 0 Å². The Bertz CT molecular complexity index is 832. The van der Waals surface area contributed by atoms with Crippen LogP contribution in [0.3, 0.4) is 0 Å². The van der Waals surface area contributed by atoms with Gasteiger partial charge in [-0.25, -0.2) is 9.97 Å². The van der Waals surface area contributed by atoms with Gasteiger partial charge in [-0.05, 0) is 31.5 Å². The second-order valence-electron chi connectivity index (χ2n) is 6.33. The molecule has 2 N–H and O–H groups in total. The molecule has 5 heteroatoms. The zero-order valence-corrected chi connectivity index (χ0v) is 15.4. The molecule has 0 saturated carbocycles. The van der Waals surface area contributed by atoms with Crippen LogP contribution in [-0.4, -0.2) is 23.1 Å². The summed E-state index contributed by atoms with van der Waals surface area (Å²) in [5.74, 6) is 3.16. The zero-order chi connectivity index (χ0) is 18.4. The molecule has 0 aliphatic heterocycles. The third-order valence-electron chi connectivity index (χ3n) is 3.83. The Morgan fingerprint density at radius 1 is 0.923 bits per heavy atom. The van der Waals surface area contributed by atoms with Crippen LogP contribution in [0.1, 0.15) is 19.4 Å². The van der Waals surface area contributed by atoms with E-state index in [4.69, 9.17) is 4.74 Å². The first-order valence-electron chi connectivity index (χ1n) is 8.72. The smallest absolute Gasteiger partial charge is 0.163 e. The topological polar surface area (TPSA) is 59.1 Å². The van der Waals surface area contributed by atoms with Crippen molar-refractivity contribution in [2.45, 2.75) is 26.4 Å². The molecule has 1 heterocycles. The maximum Gasteiger partial charge on any atom is 0.163 e. The second kappa shape index (κ2) is 8.34. The largest absolute Gasteiger partial charge is 0.497 e. The third kappa shape index (κ3) is 4.72. The molecule has 0 saturated heterocycles. The van der Waals surface area contributed by atoms with Crippen LogP contribution in [0.4, 0.5) is 11.6 Å². The Hall–Kier alpha value is -3.08. The lowest BCUT2D eigenvalue weighted by molar-refractivity contribution is 0.414. The molecular weight excluding hydrogens is 324 g/mol. The Kier molecular flexibility index (Phi) is 5.69. The molecule has 0 aliphatic rings. The molecule has 0 unspecified atom stereocenters. The molecule has 0 radical (unpaired) electrons. The summed E-state index contributed by atoms with van der Waals surface area (Å²) in [5.41, 5.74) is 2.15. The van der Waals surface area contributed by atoms with E-state index >= 15 is 0 Å². The summed E-state index contributed by atoms with van der Waals surface area (Å²) in [6, 6.07) is 20.2. The van der Waals surface area contributed by atoms with Crippen molar-refractivity contribution in [3.8, 4) is 17.1 Å². The second-order valence-corrected chi connectivity index (χ2v) is 6.33. The first-order valence-corrected chi connectivity index (χ1v) is 8.72. The van der Waals surface area contributed by atoms with E-state index in [9.17, 15) is 0 Å². The molecule has 5 nitrogen and oxygen atoms in total. The van der Waals surface area contributed by atoms with Crippen molar-refractivity contribution in [3.63, 3.8) is 0 Å². The molecule has 0 amide bonds. The van der Waals surface area contributed by atoms with Crippen LogP contribution in [0.5, 0.6) is 5.75 Å². The van der Waals surface area contributed by atoms with E-state index in [0.717, 1.165) is 28.5 Å². The lowest BCUT2D eigenvalue weighted by Gasteiger charge is -2.13. The molecule has 134 valence electrons. The van der Waals surface area contributed by atoms with E-state index in [1.54, 1.807) is 7.11 Å². The van der Waals surface area contributed by atoms with E-state index in [2.05, 4.69) is 34.4 Å². The van der Waals surface area contributed by atoms with Crippen LogP contribution in [0.15, 0.2) is 60.7 Å². The molecule has 0 atom stereocenters. The molecule has 0 bridgehead atoms. The van der Waals surface area contributed by atoms with Gasteiger partial charge in [0.05, 0.1) is 7.11 Å². The predicted molar refractivity (Wildman–Crippen MR) is 107 cm³/mol. The van der Waals surface area contributed by atoms with Gasteiger partial charge in [0.15, 0.2) is 5.82 Å². The number of hydrogen-bond acceptors (Lipinski definition) is 5. The molecule has 0 aliphatic carbocycles. The number of benzene rings is 2. The van der Waals surface area contributed by atoms with Gasteiger partial charge in [0.25, 0.3) is 0 Å². The molecule has 1 aromatic heterocycles. The molecule has 3 rings (SSSR count). The highest BCUT2D eigenvalue weighted by Crippen LogP contribution is 2.21. The molecule has 3 aromatic rings. The summed E-state index contributed by atoms with van der Waals surface area (Å²) >= 11 is 0. The number of nitrogens with one attached hydrogen (secondary N) is 2. The lowest BCUT2D eigenvalue weighted by atomic mass is 10.2. The van der Waals surface area contributed by atoms with Crippen molar-refractivity contribution in [2.24, 2.45) is 0 Å². The molecule has 2 aromatic carbocycles. The van der Waals surface area contributed by atoms with Crippen molar-refractivity contribution in [1.29, 1.82) is 0 Å². The van der Waals surface area contributed by atoms with Crippen LogP contribution in [0.25, 0.3) is 11.4 Å². The van der Waals surface area contributed by atoms with Crippen LogP contribution in [-0.2, 0) is 6.54 Å². The first kappa shape index (κ1) is 17.7. The summed E-state index contributed by atoms with van der Waals surface area (Å²) in [6.45, 7) is 4.86. The van der Waals surface area contributed by atoms with E-state index in [-0.39, 0.29) is 0 Å². The van der Waals surface area contributed by atoms with Crippen molar-refractivity contribution in [2.75, 3.05) is 17.7 Å². The van der Waals surface area contributed by atoms with Gasteiger partial charge in [-0.2, -0.15) is 0 Å². The quantitative estimate of drug-likeness (QED) is 0.654. The summed E-state index contributed by atoms with van der Waals surface area (Å²) < 4.78 is 5.20. The van der Waals surface area contributed by atoms with Gasteiger partial charge in [-0.3, -0.25) is 0 Å². The van der Waals surface area contributed by atoms with E-state index in [1.165, 1.54) is 0 Å². The maximum atomic E-state index is 5.20. The Morgan fingerprint density at radius 3 is 2.27 bits per heavy atom. The van der Waals surface area contributed by atoms with Gasteiger partial charge in [0.1, 0.15) is 17.4 Å². The fraction of sp³-hybridized carbons (Fsp3) is 0.238. The van der Waals surface area contributed by atoms with Crippen LogP contribution < -0.4 is 15.4 Å². The highest BCUT2D eigenvalue weighted by Gasteiger charge is 2.08. The van der Waals surface area contributed by atoms with Crippen molar-refractivity contribution >= 4 is 11.6 Å².